The standard InChI is InChI=1S/C17H17N3O5S/c1-19-14-9-8-13(10-15(14)20(2)26(19,23)24)18-16(21)11-4-6-12(7-5-11)17(22)25-3/h4-10H,1-3H3,(H,18,21). The van der Waals surface area contributed by atoms with Crippen molar-refractivity contribution in [3.05, 3.63) is 53.6 Å². The summed E-state index contributed by atoms with van der Waals surface area (Å²) in [6.07, 6.45) is 0. The van der Waals surface area contributed by atoms with Crippen LogP contribution >= 0.6 is 0 Å². The molecular formula is C17H17N3O5S. The van der Waals surface area contributed by atoms with Gasteiger partial charge >= 0.3 is 16.2 Å². The van der Waals surface area contributed by atoms with E-state index < -0.39 is 16.2 Å². The van der Waals surface area contributed by atoms with Gasteiger partial charge in [-0.25, -0.2) is 4.79 Å². The van der Waals surface area contributed by atoms with Gasteiger partial charge in [-0.05, 0) is 42.5 Å². The molecule has 0 aliphatic carbocycles. The van der Waals surface area contributed by atoms with E-state index in [2.05, 4.69) is 10.1 Å². The van der Waals surface area contributed by atoms with E-state index in [1.165, 1.54) is 49.8 Å². The van der Waals surface area contributed by atoms with Crippen molar-refractivity contribution in [1.29, 1.82) is 0 Å². The molecule has 8 nitrogen and oxygen atoms in total. The first-order chi connectivity index (χ1) is 12.3. The number of carbonyl (C=O) groups is 2. The van der Waals surface area contributed by atoms with E-state index in [0.29, 0.717) is 28.2 Å². The number of esters is 1. The minimum atomic E-state index is -3.57. The summed E-state index contributed by atoms with van der Waals surface area (Å²) in [6.45, 7) is 0. The zero-order chi connectivity index (χ0) is 19.1. The quantitative estimate of drug-likeness (QED) is 0.826. The van der Waals surface area contributed by atoms with Gasteiger partial charge in [0.15, 0.2) is 0 Å². The molecule has 136 valence electrons. The van der Waals surface area contributed by atoms with Crippen molar-refractivity contribution in [1.82, 2.24) is 0 Å². The van der Waals surface area contributed by atoms with Crippen LogP contribution in [0.3, 0.4) is 0 Å². The Hall–Kier alpha value is -3.07. The van der Waals surface area contributed by atoms with Crippen molar-refractivity contribution < 1.29 is 22.7 Å². The van der Waals surface area contributed by atoms with Crippen molar-refractivity contribution >= 4 is 39.1 Å². The van der Waals surface area contributed by atoms with Crippen molar-refractivity contribution in [2.75, 3.05) is 35.1 Å². The maximum Gasteiger partial charge on any atom is 0.337 e. The number of fused-ring (bicyclic) bond motifs is 1. The number of rotatable bonds is 3. The third-order valence-corrected chi connectivity index (χ3v) is 5.95. The SMILES string of the molecule is COC(=O)c1ccc(C(=O)Nc2ccc3c(c2)N(C)S(=O)(=O)N3C)cc1. The van der Waals surface area contributed by atoms with E-state index in [1.54, 1.807) is 18.2 Å². The fourth-order valence-corrected chi connectivity index (χ4v) is 3.80. The van der Waals surface area contributed by atoms with Gasteiger partial charge in [0.2, 0.25) is 0 Å². The first-order valence-electron chi connectivity index (χ1n) is 7.62. The number of benzene rings is 2. The number of carbonyl (C=O) groups excluding carboxylic acids is 2. The second-order valence-electron chi connectivity index (χ2n) is 5.67. The lowest BCUT2D eigenvalue weighted by molar-refractivity contribution is 0.0600. The molecule has 0 radical (unpaired) electrons. The number of hydrogen-bond donors (Lipinski definition) is 1. The number of ether oxygens (including phenoxy) is 1. The lowest BCUT2D eigenvalue weighted by atomic mass is 10.1. The minimum Gasteiger partial charge on any atom is -0.465 e. The Kier molecular flexibility index (Phi) is 4.33. The molecule has 0 fully saturated rings. The number of amides is 1. The zero-order valence-electron chi connectivity index (χ0n) is 14.4. The van der Waals surface area contributed by atoms with Crippen LogP contribution in [0.1, 0.15) is 20.7 Å². The molecule has 1 heterocycles. The monoisotopic (exact) mass is 375 g/mol. The molecule has 0 spiro atoms. The minimum absolute atomic E-state index is 0.344. The second-order valence-corrected chi connectivity index (χ2v) is 7.66. The van der Waals surface area contributed by atoms with E-state index in [-0.39, 0.29) is 5.91 Å². The number of anilines is 3. The highest BCUT2D eigenvalue weighted by Gasteiger charge is 2.35. The zero-order valence-corrected chi connectivity index (χ0v) is 15.2. The molecule has 0 atom stereocenters. The Morgan fingerprint density at radius 3 is 2.12 bits per heavy atom. The van der Waals surface area contributed by atoms with Crippen LogP contribution in [0.25, 0.3) is 0 Å². The Labute approximate surface area is 151 Å². The van der Waals surface area contributed by atoms with Crippen LogP contribution in [-0.2, 0) is 14.9 Å². The van der Waals surface area contributed by atoms with Crippen LogP contribution in [0.2, 0.25) is 0 Å². The molecule has 0 bridgehead atoms. The number of methoxy groups -OCH3 is 1. The van der Waals surface area contributed by atoms with Crippen LogP contribution in [0.4, 0.5) is 17.1 Å². The predicted molar refractivity (Wildman–Crippen MR) is 97.9 cm³/mol. The van der Waals surface area contributed by atoms with Gasteiger partial charge in [-0.3, -0.25) is 13.4 Å². The smallest absolute Gasteiger partial charge is 0.337 e. The van der Waals surface area contributed by atoms with E-state index >= 15 is 0 Å². The first-order valence-corrected chi connectivity index (χ1v) is 9.02. The maximum atomic E-state index is 12.4. The van der Waals surface area contributed by atoms with Gasteiger partial charge in [-0.2, -0.15) is 8.42 Å². The fraction of sp³-hybridized carbons (Fsp3) is 0.176. The van der Waals surface area contributed by atoms with Gasteiger partial charge in [0.1, 0.15) is 0 Å². The van der Waals surface area contributed by atoms with Crippen molar-refractivity contribution in [2.45, 2.75) is 0 Å². The molecule has 1 N–H and O–H groups in total. The molecule has 1 amide bonds. The number of nitrogens with zero attached hydrogens (tertiary/aromatic N) is 2. The van der Waals surface area contributed by atoms with Crippen LogP contribution in [0.15, 0.2) is 42.5 Å². The van der Waals surface area contributed by atoms with Crippen molar-refractivity contribution in [3.8, 4) is 0 Å². The molecule has 2 aromatic carbocycles. The molecule has 0 saturated carbocycles. The molecule has 0 saturated heterocycles. The largest absolute Gasteiger partial charge is 0.465 e. The summed E-state index contributed by atoms with van der Waals surface area (Å²) >= 11 is 0. The highest BCUT2D eigenvalue weighted by molar-refractivity contribution is 7.94. The summed E-state index contributed by atoms with van der Waals surface area (Å²) in [6, 6.07) is 10.9. The number of nitrogens with one attached hydrogen (secondary N) is 1. The van der Waals surface area contributed by atoms with Gasteiger partial charge in [0.05, 0.1) is 24.0 Å². The molecule has 26 heavy (non-hydrogen) atoms. The average molecular weight is 375 g/mol. The summed E-state index contributed by atoms with van der Waals surface area (Å²) in [5.41, 5.74) is 2.18. The maximum absolute atomic E-state index is 12.4. The van der Waals surface area contributed by atoms with Crippen LogP contribution < -0.4 is 13.9 Å². The Morgan fingerprint density at radius 2 is 1.50 bits per heavy atom. The lowest BCUT2D eigenvalue weighted by Crippen LogP contribution is -2.32. The van der Waals surface area contributed by atoms with Crippen LogP contribution in [0.5, 0.6) is 0 Å². The molecule has 1 aliphatic heterocycles. The summed E-state index contributed by atoms with van der Waals surface area (Å²) in [5, 5.41) is 2.72. The van der Waals surface area contributed by atoms with Crippen molar-refractivity contribution in [3.63, 3.8) is 0 Å². The Balaban J connectivity index is 1.81. The molecule has 0 unspecified atom stereocenters. The van der Waals surface area contributed by atoms with Gasteiger partial charge in [0.25, 0.3) is 5.91 Å². The van der Waals surface area contributed by atoms with E-state index in [9.17, 15) is 18.0 Å². The topological polar surface area (TPSA) is 96.0 Å². The summed E-state index contributed by atoms with van der Waals surface area (Å²) in [4.78, 5) is 23.8. The normalized spacial score (nSPS) is 14.7. The van der Waals surface area contributed by atoms with Crippen LogP contribution in [-0.4, -0.2) is 41.5 Å². The molecule has 3 rings (SSSR count). The first kappa shape index (κ1) is 17.7. The summed E-state index contributed by atoms with van der Waals surface area (Å²) in [7, 11) is 0.642. The van der Waals surface area contributed by atoms with Gasteiger partial charge in [-0.15, -0.1) is 0 Å². The molecule has 9 heteroatoms. The highest BCUT2D eigenvalue weighted by atomic mass is 32.2. The molecule has 2 aromatic rings. The fourth-order valence-electron chi connectivity index (χ4n) is 2.63. The molecule has 1 aliphatic rings. The van der Waals surface area contributed by atoms with Gasteiger partial charge in [-0.1, -0.05) is 0 Å². The second kappa shape index (κ2) is 6.34. The highest BCUT2D eigenvalue weighted by Crippen LogP contribution is 2.40. The molecular weight excluding hydrogens is 358 g/mol. The summed E-state index contributed by atoms with van der Waals surface area (Å²) < 4.78 is 31.2. The third-order valence-electron chi connectivity index (χ3n) is 4.17. The lowest BCUT2D eigenvalue weighted by Gasteiger charge is -2.13. The molecule has 0 aromatic heterocycles. The summed E-state index contributed by atoms with van der Waals surface area (Å²) in [5.74, 6) is -0.859. The number of hydrogen-bond acceptors (Lipinski definition) is 5. The van der Waals surface area contributed by atoms with Crippen molar-refractivity contribution in [2.24, 2.45) is 0 Å². The van der Waals surface area contributed by atoms with Gasteiger partial charge in [0, 0.05) is 25.3 Å². The van der Waals surface area contributed by atoms with E-state index in [1.807, 2.05) is 0 Å². The Bertz CT molecular complexity index is 986. The Morgan fingerprint density at radius 1 is 0.923 bits per heavy atom. The van der Waals surface area contributed by atoms with Crippen LogP contribution in [0, 0.1) is 0 Å². The third kappa shape index (κ3) is 2.86. The van der Waals surface area contributed by atoms with E-state index in [4.69, 9.17) is 0 Å². The van der Waals surface area contributed by atoms with Gasteiger partial charge < -0.3 is 10.1 Å². The predicted octanol–water partition coefficient (Wildman–Crippen LogP) is 1.86. The average Bonchev–Trinajstić information content (AvgIpc) is 2.81. The van der Waals surface area contributed by atoms with E-state index in [0.717, 1.165) is 4.31 Å².